The molecule has 5 heteroatoms. The van der Waals surface area contributed by atoms with E-state index in [0.29, 0.717) is 5.84 Å². The smallest absolute Gasteiger partial charge is 0.139 e. The number of anilines is 1. The predicted octanol–water partition coefficient (Wildman–Crippen LogP) is 2.60. The number of fused-ring (bicyclic) bond motifs is 1. The molecular formula is C16H24N4O. The van der Waals surface area contributed by atoms with Gasteiger partial charge in [-0.05, 0) is 57.1 Å². The average Bonchev–Trinajstić information content (AvgIpc) is 3.23. The van der Waals surface area contributed by atoms with E-state index in [1.165, 1.54) is 12.0 Å². The highest BCUT2D eigenvalue weighted by molar-refractivity contribution is 5.79. The van der Waals surface area contributed by atoms with Crippen LogP contribution in [0.3, 0.4) is 0 Å². The molecule has 1 aromatic heterocycles. The van der Waals surface area contributed by atoms with Crippen molar-refractivity contribution >= 4 is 11.7 Å². The molecule has 0 amide bonds. The van der Waals surface area contributed by atoms with Crippen LogP contribution in [0.15, 0.2) is 17.3 Å². The van der Waals surface area contributed by atoms with Crippen LogP contribution < -0.4 is 11.1 Å². The predicted molar refractivity (Wildman–Crippen MR) is 84.3 cm³/mol. The van der Waals surface area contributed by atoms with E-state index in [1.807, 2.05) is 0 Å². The van der Waals surface area contributed by atoms with Gasteiger partial charge in [0.15, 0.2) is 0 Å². The van der Waals surface area contributed by atoms with Crippen molar-refractivity contribution in [3.05, 3.63) is 23.4 Å². The van der Waals surface area contributed by atoms with Crippen LogP contribution in [0, 0.1) is 0 Å². The first-order valence-electron chi connectivity index (χ1n) is 7.88. The third kappa shape index (κ3) is 3.86. The van der Waals surface area contributed by atoms with E-state index in [2.05, 4.69) is 34.5 Å². The Morgan fingerprint density at radius 3 is 3.14 bits per heavy atom. The average molecular weight is 288 g/mol. The molecule has 1 aliphatic carbocycles. The van der Waals surface area contributed by atoms with Gasteiger partial charge in [0.2, 0.25) is 0 Å². The van der Waals surface area contributed by atoms with E-state index in [-0.39, 0.29) is 5.60 Å². The van der Waals surface area contributed by atoms with Gasteiger partial charge in [-0.2, -0.15) is 0 Å². The Labute approximate surface area is 126 Å². The third-order valence-corrected chi connectivity index (χ3v) is 4.16. The SMILES string of the molecule is CC1(O/N=C(\N)CCCc2ccc3c(n2)NCCC3)CC1. The maximum Gasteiger partial charge on any atom is 0.139 e. The summed E-state index contributed by atoms with van der Waals surface area (Å²) in [6.45, 7) is 3.09. The van der Waals surface area contributed by atoms with Crippen LogP contribution in [-0.4, -0.2) is 23.0 Å². The molecule has 1 aromatic rings. The summed E-state index contributed by atoms with van der Waals surface area (Å²) in [7, 11) is 0. The summed E-state index contributed by atoms with van der Waals surface area (Å²) in [5, 5.41) is 7.39. The number of nitrogens with one attached hydrogen (secondary N) is 1. The van der Waals surface area contributed by atoms with Gasteiger partial charge in [0.25, 0.3) is 0 Å². The first-order valence-corrected chi connectivity index (χ1v) is 7.88. The summed E-state index contributed by atoms with van der Waals surface area (Å²) in [6, 6.07) is 4.32. The topological polar surface area (TPSA) is 72.5 Å². The largest absolute Gasteiger partial charge is 0.388 e. The van der Waals surface area contributed by atoms with Crippen molar-refractivity contribution in [2.75, 3.05) is 11.9 Å². The van der Waals surface area contributed by atoms with Gasteiger partial charge in [-0.3, -0.25) is 0 Å². The molecule has 0 bridgehead atoms. The van der Waals surface area contributed by atoms with Crippen LogP contribution in [0.4, 0.5) is 5.82 Å². The van der Waals surface area contributed by atoms with Gasteiger partial charge >= 0.3 is 0 Å². The van der Waals surface area contributed by atoms with E-state index in [4.69, 9.17) is 10.6 Å². The number of aromatic nitrogens is 1. The van der Waals surface area contributed by atoms with Crippen LogP contribution in [0.25, 0.3) is 0 Å². The Bertz CT molecular complexity index is 537. The molecule has 114 valence electrons. The molecule has 1 fully saturated rings. The second-order valence-corrected chi connectivity index (χ2v) is 6.32. The molecule has 1 saturated carbocycles. The molecular weight excluding hydrogens is 264 g/mol. The summed E-state index contributed by atoms with van der Waals surface area (Å²) in [5.74, 6) is 1.64. The van der Waals surface area contributed by atoms with Crippen molar-refractivity contribution in [2.24, 2.45) is 10.9 Å². The highest BCUT2D eigenvalue weighted by Gasteiger charge is 2.40. The highest BCUT2D eigenvalue weighted by atomic mass is 16.7. The van der Waals surface area contributed by atoms with E-state index in [0.717, 1.165) is 56.6 Å². The van der Waals surface area contributed by atoms with Gasteiger partial charge in [0.05, 0.1) is 0 Å². The lowest BCUT2D eigenvalue weighted by Crippen LogP contribution is -2.16. The van der Waals surface area contributed by atoms with Gasteiger partial charge in [-0.15, -0.1) is 0 Å². The summed E-state index contributed by atoms with van der Waals surface area (Å²) < 4.78 is 0. The summed E-state index contributed by atoms with van der Waals surface area (Å²) in [4.78, 5) is 10.1. The molecule has 0 atom stereocenters. The third-order valence-electron chi connectivity index (χ3n) is 4.16. The monoisotopic (exact) mass is 288 g/mol. The lowest BCUT2D eigenvalue weighted by molar-refractivity contribution is 0.0513. The second-order valence-electron chi connectivity index (χ2n) is 6.32. The van der Waals surface area contributed by atoms with E-state index >= 15 is 0 Å². The van der Waals surface area contributed by atoms with Crippen molar-refractivity contribution in [2.45, 2.75) is 57.5 Å². The van der Waals surface area contributed by atoms with Gasteiger partial charge < -0.3 is 15.9 Å². The van der Waals surface area contributed by atoms with Crippen molar-refractivity contribution in [3.63, 3.8) is 0 Å². The minimum atomic E-state index is -0.0453. The molecule has 21 heavy (non-hydrogen) atoms. The van der Waals surface area contributed by atoms with E-state index < -0.39 is 0 Å². The van der Waals surface area contributed by atoms with Gasteiger partial charge in [-0.25, -0.2) is 4.98 Å². The van der Waals surface area contributed by atoms with Crippen LogP contribution in [-0.2, 0) is 17.7 Å². The second kappa shape index (κ2) is 5.92. The zero-order valence-corrected chi connectivity index (χ0v) is 12.7. The molecule has 5 nitrogen and oxygen atoms in total. The standard InChI is InChI=1S/C16H24N4O/c1-16(9-10-16)21-20-14(17)6-2-5-13-8-7-12-4-3-11-18-15(12)19-13/h7-8H,2-6,9-11H2,1H3,(H2,17,20)(H,18,19). The van der Waals surface area contributed by atoms with E-state index in [1.54, 1.807) is 0 Å². The lowest BCUT2D eigenvalue weighted by atomic mass is 10.1. The first kappa shape index (κ1) is 14.2. The van der Waals surface area contributed by atoms with Gasteiger partial charge in [0, 0.05) is 18.7 Å². The molecule has 3 N–H and O–H groups in total. The van der Waals surface area contributed by atoms with Crippen molar-refractivity contribution in [1.29, 1.82) is 0 Å². The number of pyridine rings is 1. The summed E-state index contributed by atoms with van der Waals surface area (Å²) in [6.07, 6.45) is 7.10. The molecule has 1 aliphatic heterocycles. The molecule has 0 radical (unpaired) electrons. The maximum atomic E-state index is 5.88. The van der Waals surface area contributed by atoms with Crippen molar-refractivity contribution in [3.8, 4) is 0 Å². The number of rotatable bonds is 6. The van der Waals surface area contributed by atoms with Crippen LogP contribution >= 0.6 is 0 Å². The van der Waals surface area contributed by atoms with Crippen LogP contribution in [0.2, 0.25) is 0 Å². The number of oxime groups is 1. The zero-order chi connectivity index (χ0) is 14.7. The summed E-state index contributed by atoms with van der Waals surface area (Å²) >= 11 is 0. The molecule has 0 unspecified atom stereocenters. The number of hydrogen-bond donors (Lipinski definition) is 2. The number of nitrogens with zero attached hydrogens (tertiary/aromatic N) is 2. The van der Waals surface area contributed by atoms with E-state index in [9.17, 15) is 0 Å². The molecule has 0 spiro atoms. The molecule has 0 aromatic carbocycles. The summed E-state index contributed by atoms with van der Waals surface area (Å²) in [5.41, 5.74) is 8.28. The Kier molecular flexibility index (Phi) is 3.99. The quantitative estimate of drug-likeness (QED) is 0.479. The van der Waals surface area contributed by atoms with Gasteiger partial charge in [-0.1, -0.05) is 11.2 Å². The normalized spacial score (nSPS) is 19.6. The highest BCUT2D eigenvalue weighted by Crippen LogP contribution is 2.38. The fourth-order valence-corrected chi connectivity index (χ4v) is 2.44. The Morgan fingerprint density at radius 1 is 1.48 bits per heavy atom. The zero-order valence-electron chi connectivity index (χ0n) is 12.7. The Hall–Kier alpha value is -1.78. The Morgan fingerprint density at radius 2 is 2.33 bits per heavy atom. The lowest BCUT2D eigenvalue weighted by Gasteiger charge is -2.17. The van der Waals surface area contributed by atoms with Crippen LogP contribution in [0.1, 0.15) is 50.3 Å². The molecule has 2 heterocycles. The van der Waals surface area contributed by atoms with Crippen LogP contribution in [0.5, 0.6) is 0 Å². The minimum absolute atomic E-state index is 0.0453. The fraction of sp³-hybridized carbons (Fsp3) is 0.625. The van der Waals surface area contributed by atoms with Crippen molar-refractivity contribution in [1.82, 2.24) is 4.98 Å². The molecule has 2 aliphatic rings. The minimum Gasteiger partial charge on any atom is -0.388 e. The first-order chi connectivity index (χ1) is 10.1. The fourth-order valence-electron chi connectivity index (χ4n) is 2.44. The number of aryl methyl sites for hydroxylation is 2. The number of amidine groups is 1. The number of nitrogens with two attached hydrogens (primary N) is 1. The van der Waals surface area contributed by atoms with Crippen molar-refractivity contribution < 1.29 is 4.84 Å². The number of hydrogen-bond acceptors (Lipinski definition) is 4. The van der Waals surface area contributed by atoms with Gasteiger partial charge in [0.1, 0.15) is 17.3 Å². The Balaban J connectivity index is 1.46. The maximum absolute atomic E-state index is 5.88. The molecule has 0 saturated heterocycles. The molecule has 3 rings (SSSR count).